The summed E-state index contributed by atoms with van der Waals surface area (Å²) in [4.78, 5) is 0. The Labute approximate surface area is 159 Å². The molecule has 0 aliphatic rings. The van der Waals surface area contributed by atoms with E-state index < -0.39 is 0 Å². The molecule has 136 valence electrons. The number of hydrogen-bond acceptors (Lipinski definition) is 1. The minimum absolute atomic E-state index is 1.24. The maximum absolute atomic E-state index is 2.28. The average Bonchev–Trinajstić information content (AvgIpc) is 2.63. The molecule has 0 aromatic heterocycles. The summed E-state index contributed by atoms with van der Waals surface area (Å²) in [5, 5.41) is 0. The molecule has 2 aromatic carbocycles. The predicted octanol–water partition coefficient (Wildman–Crippen LogP) is 7.16. The Bertz CT molecular complexity index is 515. The zero-order valence-electron chi connectivity index (χ0n) is 16.1. The van der Waals surface area contributed by atoms with Gasteiger partial charge in [0, 0.05) is 0 Å². The van der Waals surface area contributed by atoms with E-state index in [4.69, 9.17) is 0 Å². The highest BCUT2D eigenvalue weighted by atomic mass is 32.2. The molecule has 0 unspecified atom stereocenters. The lowest BCUT2D eigenvalue weighted by Gasteiger charge is -2.04. The minimum Gasteiger partial charge on any atom is -0.162 e. The monoisotopic (exact) mass is 354 g/mol. The zero-order chi connectivity index (χ0) is 17.7. The van der Waals surface area contributed by atoms with Gasteiger partial charge in [-0.05, 0) is 75.0 Å². The topological polar surface area (TPSA) is 0 Å². The lowest BCUT2D eigenvalue weighted by molar-refractivity contribution is 0.715. The molecule has 25 heavy (non-hydrogen) atoms. The highest BCUT2D eigenvalue weighted by Crippen LogP contribution is 2.14. The number of aryl methyl sites for hydroxylation is 4. The summed E-state index contributed by atoms with van der Waals surface area (Å²) in [6, 6.07) is 18.0. The first-order valence-corrected chi connectivity index (χ1v) is 11.1. The van der Waals surface area contributed by atoms with Crippen LogP contribution in [0.3, 0.4) is 0 Å². The van der Waals surface area contributed by atoms with E-state index in [0.717, 1.165) is 0 Å². The van der Waals surface area contributed by atoms with Crippen molar-refractivity contribution in [3.05, 3.63) is 70.8 Å². The number of hydrogen-bond donors (Lipinski definition) is 0. The fourth-order valence-corrected chi connectivity index (χ4v) is 4.05. The summed E-state index contributed by atoms with van der Waals surface area (Å²) in [5.74, 6) is 2.68. The van der Waals surface area contributed by atoms with Gasteiger partial charge in [0.05, 0.1) is 0 Å². The predicted molar refractivity (Wildman–Crippen MR) is 115 cm³/mol. The molecule has 0 heterocycles. The van der Waals surface area contributed by atoms with Crippen molar-refractivity contribution in [3.8, 4) is 0 Å². The van der Waals surface area contributed by atoms with E-state index in [1.807, 2.05) is 0 Å². The zero-order valence-corrected chi connectivity index (χ0v) is 16.9. The summed E-state index contributed by atoms with van der Waals surface area (Å²) >= 11 is 2.15. The van der Waals surface area contributed by atoms with Gasteiger partial charge in [-0.25, -0.2) is 0 Å². The molecule has 0 bridgehead atoms. The summed E-state index contributed by atoms with van der Waals surface area (Å²) in [6.07, 6.45) is 10.6. The fraction of sp³-hybridized carbons (Fsp3) is 0.500. The molecular formula is C24H34S. The summed E-state index contributed by atoms with van der Waals surface area (Å²) in [7, 11) is 0. The quantitative estimate of drug-likeness (QED) is 0.364. The first kappa shape index (κ1) is 20.1. The Morgan fingerprint density at radius 1 is 0.520 bits per heavy atom. The minimum atomic E-state index is 1.24. The van der Waals surface area contributed by atoms with Gasteiger partial charge in [0.2, 0.25) is 0 Å². The molecule has 1 heteroatoms. The lowest BCUT2D eigenvalue weighted by Crippen LogP contribution is -1.90. The molecule has 0 N–H and O–H groups in total. The van der Waals surface area contributed by atoms with Gasteiger partial charge in [-0.3, -0.25) is 0 Å². The molecule has 0 saturated heterocycles. The van der Waals surface area contributed by atoms with E-state index in [-0.39, 0.29) is 0 Å². The van der Waals surface area contributed by atoms with Gasteiger partial charge in [0.25, 0.3) is 0 Å². The molecule has 0 nitrogen and oxygen atoms in total. The second kappa shape index (κ2) is 12.2. The molecule has 0 fully saturated rings. The SMILES string of the molecule is Cc1ccc(CCCCCSCCCCCc2ccc(C)cc2)cc1. The van der Waals surface area contributed by atoms with Crippen molar-refractivity contribution in [2.75, 3.05) is 11.5 Å². The van der Waals surface area contributed by atoms with Crippen molar-refractivity contribution < 1.29 is 0 Å². The van der Waals surface area contributed by atoms with Crippen molar-refractivity contribution in [3.63, 3.8) is 0 Å². The van der Waals surface area contributed by atoms with Crippen LogP contribution in [-0.2, 0) is 12.8 Å². The maximum Gasteiger partial charge on any atom is -0.00675 e. The summed E-state index contributed by atoms with van der Waals surface area (Å²) < 4.78 is 0. The Kier molecular flexibility index (Phi) is 9.81. The molecule has 0 saturated carbocycles. The van der Waals surface area contributed by atoms with Crippen LogP contribution < -0.4 is 0 Å². The Hall–Kier alpha value is -1.21. The van der Waals surface area contributed by atoms with Crippen LogP contribution in [0.1, 0.15) is 60.8 Å². The molecule has 0 atom stereocenters. The molecule has 0 amide bonds. The van der Waals surface area contributed by atoms with Crippen molar-refractivity contribution >= 4 is 11.8 Å². The highest BCUT2D eigenvalue weighted by molar-refractivity contribution is 7.99. The van der Waals surface area contributed by atoms with E-state index in [1.165, 1.54) is 85.1 Å². The van der Waals surface area contributed by atoms with E-state index in [9.17, 15) is 0 Å². The van der Waals surface area contributed by atoms with Crippen LogP contribution in [-0.4, -0.2) is 11.5 Å². The normalized spacial score (nSPS) is 11.0. The number of thioether (sulfide) groups is 1. The smallest absolute Gasteiger partial charge is 0.00675 e. The summed E-state index contributed by atoms with van der Waals surface area (Å²) in [6.45, 7) is 4.31. The van der Waals surface area contributed by atoms with E-state index in [1.54, 1.807) is 0 Å². The van der Waals surface area contributed by atoms with Crippen LogP contribution in [0.5, 0.6) is 0 Å². The standard InChI is InChI=1S/C24H34S/c1-21-11-15-23(16-12-21)9-5-3-7-19-25-20-8-4-6-10-24-17-13-22(2)14-18-24/h11-18H,3-10,19-20H2,1-2H3. The molecule has 0 aliphatic heterocycles. The van der Waals surface area contributed by atoms with E-state index in [2.05, 4.69) is 74.1 Å². The van der Waals surface area contributed by atoms with Gasteiger partial charge in [-0.2, -0.15) is 11.8 Å². The van der Waals surface area contributed by atoms with Gasteiger partial charge < -0.3 is 0 Å². The first-order valence-electron chi connectivity index (χ1n) is 9.93. The third-order valence-corrected chi connectivity index (χ3v) is 5.90. The Balaban J connectivity index is 1.37. The second-order valence-corrected chi connectivity index (χ2v) is 8.43. The molecule has 0 radical (unpaired) electrons. The van der Waals surface area contributed by atoms with Crippen LogP contribution in [0.15, 0.2) is 48.5 Å². The maximum atomic E-state index is 2.28. The Morgan fingerprint density at radius 2 is 0.920 bits per heavy atom. The molecule has 2 rings (SSSR count). The van der Waals surface area contributed by atoms with Crippen LogP contribution in [0.4, 0.5) is 0 Å². The third kappa shape index (κ3) is 9.16. The van der Waals surface area contributed by atoms with Crippen molar-refractivity contribution in [2.24, 2.45) is 0 Å². The van der Waals surface area contributed by atoms with Crippen LogP contribution in [0, 0.1) is 13.8 Å². The molecule has 2 aromatic rings. The van der Waals surface area contributed by atoms with Gasteiger partial charge in [-0.1, -0.05) is 72.5 Å². The second-order valence-electron chi connectivity index (χ2n) is 7.20. The van der Waals surface area contributed by atoms with Gasteiger partial charge >= 0.3 is 0 Å². The summed E-state index contributed by atoms with van der Waals surface area (Å²) in [5.41, 5.74) is 5.71. The largest absolute Gasteiger partial charge is 0.162 e. The molecule has 0 aliphatic carbocycles. The van der Waals surface area contributed by atoms with E-state index >= 15 is 0 Å². The number of rotatable bonds is 12. The van der Waals surface area contributed by atoms with E-state index in [0.29, 0.717) is 0 Å². The van der Waals surface area contributed by atoms with Crippen LogP contribution >= 0.6 is 11.8 Å². The van der Waals surface area contributed by atoms with Crippen LogP contribution in [0.2, 0.25) is 0 Å². The number of unbranched alkanes of at least 4 members (excludes halogenated alkanes) is 4. The van der Waals surface area contributed by atoms with Gasteiger partial charge in [0.15, 0.2) is 0 Å². The number of benzene rings is 2. The van der Waals surface area contributed by atoms with Crippen molar-refractivity contribution in [1.29, 1.82) is 0 Å². The molecular weight excluding hydrogens is 320 g/mol. The van der Waals surface area contributed by atoms with Crippen molar-refractivity contribution in [2.45, 2.75) is 65.2 Å². The fourth-order valence-electron chi connectivity index (χ4n) is 3.03. The Morgan fingerprint density at radius 3 is 1.32 bits per heavy atom. The average molecular weight is 355 g/mol. The van der Waals surface area contributed by atoms with Crippen LogP contribution in [0.25, 0.3) is 0 Å². The highest BCUT2D eigenvalue weighted by Gasteiger charge is 1.96. The first-order chi connectivity index (χ1) is 12.2. The van der Waals surface area contributed by atoms with Gasteiger partial charge in [-0.15, -0.1) is 0 Å². The molecule has 0 spiro atoms. The third-order valence-electron chi connectivity index (χ3n) is 4.75. The van der Waals surface area contributed by atoms with Gasteiger partial charge in [0.1, 0.15) is 0 Å². The lowest BCUT2D eigenvalue weighted by atomic mass is 10.1. The van der Waals surface area contributed by atoms with Crippen molar-refractivity contribution in [1.82, 2.24) is 0 Å².